The highest BCUT2D eigenvalue weighted by molar-refractivity contribution is 7.13. The highest BCUT2D eigenvalue weighted by atomic mass is 32.1. The summed E-state index contributed by atoms with van der Waals surface area (Å²) in [5.41, 5.74) is 1.22. The van der Waals surface area contributed by atoms with Crippen molar-refractivity contribution in [2.24, 2.45) is 0 Å². The van der Waals surface area contributed by atoms with Crippen LogP contribution in [0.4, 0.5) is 10.5 Å². The third-order valence-corrected chi connectivity index (χ3v) is 5.00. The molecule has 0 atom stereocenters. The predicted octanol–water partition coefficient (Wildman–Crippen LogP) is 2.91. The van der Waals surface area contributed by atoms with Crippen molar-refractivity contribution in [1.82, 2.24) is 15.1 Å². The van der Waals surface area contributed by atoms with Gasteiger partial charge in [0.05, 0.1) is 4.88 Å². The van der Waals surface area contributed by atoms with Crippen LogP contribution in [0.3, 0.4) is 0 Å². The molecule has 2 N–H and O–H groups in total. The number of carbonyl (C=O) groups is 1. The van der Waals surface area contributed by atoms with Gasteiger partial charge in [0.2, 0.25) is 6.79 Å². The summed E-state index contributed by atoms with van der Waals surface area (Å²) in [5.74, 6) is 1.27. The van der Waals surface area contributed by atoms with Crippen LogP contribution in [0, 0.1) is 0 Å². The van der Waals surface area contributed by atoms with Crippen molar-refractivity contribution >= 4 is 23.1 Å². The van der Waals surface area contributed by atoms with Crippen molar-refractivity contribution in [3.05, 3.63) is 58.2 Å². The second kappa shape index (κ2) is 8.13. The van der Waals surface area contributed by atoms with Crippen LogP contribution in [0.1, 0.15) is 6.42 Å². The molecule has 28 heavy (non-hydrogen) atoms. The van der Waals surface area contributed by atoms with E-state index in [9.17, 15) is 9.59 Å². The first-order chi connectivity index (χ1) is 13.7. The van der Waals surface area contributed by atoms with Gasteiger partial charge in [-0.3, -0.25) is 4.79 Å². The number of benzene rings is 1. The molecule has 1 aliphatic heterocycles. The monoisotopic (exact) mass is 398 g/mol. The second-order valence-electron chi connectivity index (χ2n) is 6.06. The van der Waals surface area contributed by atoms with Gasteiger partial charge in [0.15, 0.2) is 11.5 Å². The SMILES string of the molecule is O=C(NCCCn1nc(-c2cccs2)ccc1=O)Nc1ccc2c(c1)OCO2. The maximum absolute atomic E-state index is 12.0. The molecule has 0 saturated heterocycles. The Labute approximate surface area is 164 Å². The predicted molar refractivity (Wildman–Crippen MR) is 106 cm³/mol. The van der Waals surface area contributed by atoms with Gasteiger partial charge in [-0.1, -0.05) is 6.07 Å². The minimum Gasteiger partial charge on any atom is -0.454 e. The molecule has 2 aromatic heterocycles. The fourth-order valence-electron chi connectivity index (χ4n) is 2.75. The van der Waals surface area contributed by atoms with E-state index >= 15 is 0 Å². The number of aryl methyl sites for hydroxylation is 1. The van der Waals surface area contributed by atoms with Gasteiger partial charge in [-0.25, -0.2) is 9.48 Å². The van der Waals surface area contributed by atoms with Gasteiger partial charge in [-0.05, 0) is 36.1 Å². The van der Waals surface area contributed by atoms with E-state index in [1.807, 2.05) is 17.5 Å². The third-order valence-electron chi connectivity index (χ3n) is 4.10. The number of hydrogen-bond acceptors (Lipinski definition) is 6. The number of thiophene rings is 1. The quantitative estimate of drug-likeness (QED) is 0.623. The third kappa shape index (κ3) is 4.15. The molecule has 0 saturated carbocycles. The lowest BCUT2D eigenvalue weighted by atomic mass is 10.3. The average Bonchev–Trinajstić information content (AvgIpc) is 3.38. The summed E-state index contributed by atoms with van der Waals surface area (Å²) in [6.45, 7) is 1.02. The number of carbonyl (C=O) groups excluding carboxylic acids is 1. The zero-order chi connectivity index (χ0) is 19.3. The lowest BCUT2D eigenvalue weighted by Gasteiger charge is -2.09. The molecule has 0 spiro atoms. The maximum Gasteiger partial charge on any atom is 0.319 e. The smallest absolute Gasteiger partial charge is 0.319 e. The standard InChI is InChI=1S/C19H18N4O4S/c24-18-7-5-14(17-3-1-10-28-17)22-23(18)9-2-8-20-19(25)21-13-4-6-15-16(11-13)27-12-26-15/h1,3-7,10-11H,2,8-9,12H2,(H2,20,21,25). The zero-order valence-corrected chi connectivity index (χ0v) is 15.7. The Hall–Kier alpha value is -3.33. The number of amides is 2. The molecule has 1 aromatic carbocycles. The van der Waals surface area contributed by atoms with Crippen molar-refractivity contribution < 1.29 is 14.3 Å². The van der Waals surface area contributed by atoms with Crippen LogP contribution in [0.25, 0.3) is 10.6 Å². The summed E-state index contributed by atoms with van der Waals surface area (Å²) in [5, 5.41) is 11.9. The number of ether oxygens (including phenoxy) is 2. The topological polar surface area (TPSA) is 94.5 Å². The van der Waals surface area contributed by atoms with E-state index < -0.39 is 0 Å². The van der Waals surface area contributed by atoms with Crippen LogP contribution in [0.15, 0.2) is 52.6 Å². The van der Waals surface area contributed by atoms with Gasteiger partial charge in [-0.15, -0.1) is 11.3 Å². The summed E-state index contributed by atoms with van der Waals surface area (Å²) in [4.78, 5) is 25.0. The minimum absolute atomic E-state index is 0.162. The number of nitrogens with one attached hydrogen (secondary N) is 2. The zero-order valence-electron chi connectivity index (χ0n) is 14.9. The lowest BCUT2D eigenvalue weighted by molar-refractivity contribution is 0.174. The number of aromatic nitrogens is 2. The van der Waals surface area contributed by atoms with Crippen molar-refractivity contribution in [3.8, 4) is 22.1 Å². The molecule has 144 valence electrons. The van der Waals surface area contributed by atoms with Crippen LogP contribution in [-0.2, 0) is 6.54 Å². The summed E-state index contributed by atoms with van der Waals surface area (Å²) in [6.07, 6.45) is 0.579. The molecular formula is C19H18N4O4S. The van der Waals surface area contributed by atoms with E-state index in [2.05, 4.69) is 15.7 Å². The first-order valence-corrected chi connectivity index (χ1v) is 9.63. The van der Waals surface area contributed by atoms with Gasteiger partial charge < -0.3 is 20.1 Å². The van der Waals surface area contributed by atoms with E-state index in [0.717, 1.165) is 10.6 Å². The van der Waals surface area contributed by atoms with Crippen LogP contribution < -0.4 is 25.7 Å². The van der Waals surface area contributed by atoms with Crippen LogP contribution >= 0.6 is 11.3 Å². The fourth-order valence-corrected chi connectivity index (χ4v) is 3.44. The average molecular weight is 398 g/mol. The number of anilines is 1. The highest BCUT2D eigenvalue weighted by Crippen LogP contribution is 2.34. The Kier molecular flexibility index (Phi) is 5.24. The van der Waals surface area contributed by atoms with E-state index in [1.54, 1.807) is 35.6 Å². The number of fused-ring (bicyclic) bond motifs is 1. The lowest BCUT2D eigenvalue weighted by Crippen LogP contribution is -2.31. The van der Waals surface area contributed by atoms with Gasteiger partial charge in [0.25, 0.3) is 5.56 Å². The number of hydrogen-bond donors (Lipinski definition) is 2. The summed E-state index contributed by atoms with van der Waals surface area (Å²) < 4.78 is 11.9. The van der Waals surface area contributed by atoms with Crippen LogP contribution in [-0.4, -0.2) is 29.1 Å². The van der Waals surface area contributed by atoms with E-state index in [-0.39, 0.29) is 18.4 Å². The summed E-state index contributed by atoms with van der Waals surface area (Å²) in [7, 11) is 0. The van der Waals surface area contributed by atoms with Gasteiger partial charge in [0.1, 0.15) is 5.69 Å². The molecule has 1 aliphatic rings. The molecule has 8 nitrogen and oxygen atoms in total. The molecule has 9 heteroatoms. The number of rotatable bonds is 6. The normalized spacial score (nSPS) is 12.0. The van der Waals surface area contributed by atoms with Crippen molar-refractivity contribution in [2.75, 3.05) is 18.7 Å². The van der Waals surface area contributed by atoms with Crippen molar-refractivity contribution in [2.45, 2.75) is 13.0 Å². The Morgan fingerprint density at radius 3 is 2.93 bits per heavy atom. The van der Waals surface area contributed by atoms with Crippen LogP contribution in [0.2, 0.25) is 0 Å². The number of nitrogens with zero attached hydrogens (tertiary/aromatic N) is 2. The van der Waals surface area contributed by atoms with E-state index in [0.29, 0.717) is 36.7 Å². The fraction of sp³-hybridized carbons (Fsp3) is 0.211. The molecule has 3 heterocycles. The van der Waals surface area contributed by atoms with Crippen molar-refractivity contribution in [3.63, 3.8) is 0 Å². The first-order valence-electron chi connectivity index (χ1n) is 8.75. The molecule has 0 bridgehead atoms. The summed E-state index contributed by atoms with van der Waals surface area (Å²) in [6, 6.07) is 12.0. The minimum atomic E-state index is -0.327. The number of urea groups is 1. The first kappa shape index (κ1) is 18.1. The van der Waals surface area contributed by atoms with Gasteiger partial charge in [0, 0.05) is 30.9 Å². The molecule has 0 unspecified atom stereocenters. The van der Waals surface area contributed by atoms with E-state index in [4.69, 9.17) is 9.47 Å². The van der Waals surface area contributed by atoms with Crippen molar-refractivity contribution in [1.29, 1.82) is 0 Å². The molecule has 0 radical (unpaired) electrons. The Balaban J connectivity index is 1.27. The van der Waals surface area contributed by atoms with E-state index in [1.165, 1.54) is 10.7 Å². The maximum atomic E-state index is 12.0. The molecule has 3 aromatic rings. The molecule has 2 amide bonds. The summed E-state index contributed by atoms with van der Waals surface area (Å²) >= 11 is 1.57. The largest absolute Gasteiger partial charge is 0.454 e. The Morgan fingerprint density at radius 2 is 2.07 bits per heavy atom. The molecule has 0 fully saturated rings. The molecular weight excluding hydrogens is 380 g/mol. The van der Waals surface area contributed by atoms with Gasteiger partial charge in [-0.2, -0.15) is 5.10 Å². The molecule has 4 rings (SSSR count). The second-order valence-corrected chi connectivity index (χ2v) is 7.01. The Morgan fingerprint density at radius 1 is 1.18 bits per heavy atom. The molecule has 0 aliphatic carbocycles. The van der Waals surface area contributed by atoms with Gasteiger partial charge >= 0.3 is 6.03 Å². The Bertz CT molecular complexity index is 1030. The highest BCUT2D eigenvalue weighted by Gasteiger charge is 2.14. The van der Waals surface area contributed by atoms with Crippen LogP contribution in [0.5, 0.6) is 11.5 Å².